The number of thiophene rings is 1. The van der Waals surface area contributed by atoms with Gasteiger partial charge in [-0.05, 0) is 18.9 Å². The minimum atomic E-state index is -0.201. The Balaban J connectivity index is 2.23. The zero-order valence-corrected chi connectivity index (χ0v) is 12.7. The highest BCUT2D eigenvalue weighted by molar-refractivity contribution is 7.22. The van der Waals surface area contributed by atoms with Gasteiger partial charge in [-0.15, -0.1) is 11.3 Å². The van der Waals surface area contributed by atoms with E-state index in [4.69, 9.17) is 9.31 Å². The summed E-state index contributed by atoms with van der Waals surface area (Å²) in [5.74, 6) is 0. The van der Waals surface area contributed by atoms with Crippen LogP contribution in [-0.2, 0) is 15.7 Å². The predicted molar refractivity (Wildman–Crippen MR) is 80.8 cm³/mol. The van der Waals surface area contributed by atoms with Crippen molar-refractivity contribution in [1.29, 1.82) is 0 Å². The Morgan fingerprint density at radius 3 is 2.33 bits per heavy atom. The first-order valence-electron chi connectivity index (χ1n) is 6.96. The van der Waals surface area contributed by atoms with Crippen LogP contribution >= 0.6 is 11.3 Å². The maximum Gasteiger partial charge on any atom is 0.504 e. The van der Waals surface area contributed by atoms with Crippen LogP contribution in [0.15, 0.2) is 12.1 Å². The molecule has 2 nitrogen and oxygen atoms in total. The van der Waals surface area contributed by atoms with Crippen LogP contribution in [0.1, 0.15) is 50.3 Å². The third-order valence-corrected chi connectivity index (χ3v) is 4.29. The molecule has 0 amide bonds. The Bertz CT molecular complexity index is 310. The molecular weight excluding hydrogens is 243 g/mol. The SMILES string of the molecule is CCCCCCCCc1ccc(B(OC)OC)s1. The summed E-state index contributed by atoms with van der Waals surface area (Å²) in [4.78, 5) is 1.44. The maximum absolute atomic E-state index is 5.26. The van der Waals surface area contributed by atoms with Crippen LogP contribution in [0, 0.1) is 0 Å². The first-order chi connectivity index (χ1) is 8.81. The normalized spacial score (nSPS) is 10.8. The van der Waals surface area contributed by atoms with Crippen LogP contribution in [0.25, 0.3) is 0 Å². The largest absolute Gasteiger partial charge is 0.504 e. The van der Waals surface area contributed by atoms with Gasteiger partial charge in [-0.2, -0.15) is 0 Å². The van der Waals surface area contributed by atoms with Crippen molar-refractivity contribution in [3.05, 3.63) is 17.0 Å². The molecule has 0 bridgehead atoms. The maximum atomic E-state index is 5.26. The van der Waals surface area contributed by atoms with Crippen molar-refractivity contribution in [2.24, 2.45) is 0 Å². The molecule has 1 heterocycles. The molecule has 4 heteroatoms. The van der Waals surface area contributed by atoms with Crippen LogP contribution < -0.4 is 4.78 Å². The van der Waals surface area contributed by atoms with E-state index in [-0.39, 0.29) is 7.12 Å². The van der Waals surface area contributed by atoms with Crippen LogP contribution in [0.4, 0.5) is 0 Å². The van der Waals surface area contributed by atoms with Gasteiger partial charge in [0.05, 0.1) is 0 Å². The zero-order valence-electron chi connectivity index (χ0n) is 11.9. The Morgan fingerprint density at radius 2 is 1.67 bits per heavy atom. The van der Waals surface area contributed by atoms with Crippen LogP contribution in [0.5, 0.6) is 0 Å². The van der Waals surface area contributed by atoms with E-state index in [1.54, 1.807) is 14.2 Å². The number of hydrogen-bond acceptors (Lipinski definition) is 3. The summed E-state index contributed by atoms with van der Waals surface area (Å²) in [6.45, 7) is 2.26. The Morgan fingerprint density at radius 1 is 1.00 bits per heavy atom. The molecule has 0 radical (unpaired) electrons. The van der Waals surface area contributed by atoms with Gasteiger partial charge < -0.3 is 9.31 Å². The second kappa shape index (κ2) is 9.59. The van der Waals surface area contributed by atoms with E-state index in [1.165, 1.54) is 54.6 Å². The average molecular weight is 268 g/mol. The molecule has 0 aliphatic carbocycles. The molecule has 1 aromatic heterocycles. The number of unbranched alkanes of at least 4 members (excludes halogenated alkanes) is 5. The number of aryl methyl sites for hydroxylation is 1. The van der Waals surface area contributed by atoms with Gasteiger partial charge in [-0.3, -0.25) is 0 Å². The first-order valence-corrected chi connectivity index (χ1v) is 7.77. The number of rotatable bonds is 10. The summed E-state index contributed by atoms with van der Waals surface area (Å²) >= 11 is 1.81. The lowest BCUT2D eigenvalue weighted by molar-refractivity contribution is 0.292. The molecule has 102 valence electrons. The van der Waals surface area contributed by atoms with E-state index in [1.807, 2.05) is 11.3 Å². The van der Waals surface area contributed by atoms with Gasteiger partial charge >= 0.3 is 7.12 Å². The predicted octanol–water partition coefficient (Wildman–Crippen LogP) is 3.64. The van der Waals surface area contributed by atoms with Crippen molar-refractivity contribution in [3.63, 3.8) is 0 Å². The smallest absolute Gasteiger partial charge is 0.410 e. The molecule has 0 N–H and O–H groups in total. The molecule has 0 unspecified atom stereocenters. The van der Waals surface area contributed by atoms with Crippen molar-refractivity contribution in [2.45, 2.75) is 51.9 Å². The molecule has 18 heavy (non-hydrogen) atoms. The van der Waals surface area contributed by atoms with Gasteiger partial charge in [0.15, 0.2) is 0 Å². The van der Waals surface area contributed by atoms with E-state index < -0.39 is 0 Å². The highest BCUT2D eigenvalue weighted by atomic mass is 32.1. The van der Waals surface area contributed by atoms with Gasteiger partial charge in [0, 0.05) is 23.9 Å². The van der Waals surface area contributed by atoms with Gasteiger partial charge in [-0.1, -0.05) is 45.1 Å². The molecule has 1 aromatic rings. The van der Waals surface area contributed by atoms with Crippen molar-refractivity contribution in [3.8, 4) is 0 Å². The Hall–Kier alpha value is -0.315. The minimum Gasteiger partial charge on any atom is -0.410 e. The molecule has 0 aromatic carbocycles. The van der Waals surface area contributed by atoms with Gasteiger partial charge in [0.25, 0.3) is 0 Å². The summed E-state index contributed by atoms with van der Waals surface area (Å²) in [5.41, 5.74) is 0. The summed E-state index contributed by atoms with van der Waals surface area (Å²) in [5, 5.41) is 0. The fourth-order valence-electron chi connectivity index (χ4n) is 2.06. The highest BCUT2D eigenvalue weighted by Crippen LogP contribution is 2.14. The Kier molecular flexibility index (Phi) is 8.39. The van der Waals surface area contributed by atoms with Gasteiger partial charge in [-0.25, -0.2) is 0 Å². The molecule has 0 aliphatic rings. The molecule has 0 atom stereocenters. The molecule has 1 rings (SSSR count). The zero-order chi connectivity index (χ0) is 13.2. The fourth-order valence-corrected chi connectivity index (χ4v) is 3.17. The Labute approximate surface area is 116 Å². The van der Waals surface area contributed by atoms with Crippen molar-refractivity contribution < 1.29 is 9.31 Å². The van der Waals surface area contributed by atoms with E-state index >= 15 is 0 Å². The minimum absolute atomic E-state index is 0.201. The lowest BCUT2D eigenvalue weighted by Gasteiger charge is -2.04. The summed E-state index contributed by atoms with van der Waals surface area (Å²) in [6.07, 6.45) is 9.32. The third-order valence-electron chi connectivity index (χ3n) is 3.12. The van der Waals surface area contributed by atoms with Crippen LogP contribution in [0.3, 0.4) is 0 Å². The highest BCUT2D eigenvalue weighted by Gasteiger charge is 2.19. The fraction of sp³-hybridized carbons (Fsp3) is 0.714. The van der Waals surface area contributed by atoms with Crippen molar-refractivity contribution in [1.82, 2.24) is 0 Å². The van der Waals surface area contributed by atoms with Crippen LogP contribution in [0.2, 0.25) is 0 Å². The standard InChI is InChI=1S/C14H25BO2S/c1-4-5-6-7-8-9-10-13-11-12-14(18-13)15(16-2)17-3/h11-12H,4-10H2,1-3H3. The first kappa shape index (κ1) is 15.7. The van der Waals surface area contributed by atoms with E-state index in [9.17, 15) is 0 Å². The summed E-state index contributed by atoms with van der Waals surface area (Å²) in [7, 11) is 3.16. The van der Waals surface area contributed by atoms with Crippen molar-refractivity contribution in [2.75, 3.05) is 14.2 Å². The topological polar surface area (TPSA) is 18.5 Å². The third kappa shape index (κ3) is 5.55. The second-order valence-electron chi connectivity index (χ2n) is 4.63. The van der Waals surface area contributed by atoms with Gasteiger partial charge in [0.2, 0.25) is 0 Å². The van der Waals surface area contributed by atoms with Gasteiger partial charge in [0.1, 0.15) is 0 Å². The van der Waals surface area contributed by atoms with E-state index in [0.29, 0.717) is 0 Å². The average Bonchev–Trinajstić information content (AvgIpc) is 2.84. The number of hydrogen-bond donors (Lipinski definition) is 0. The second-order valence-corrected chi connectivity index (χ2v) is 5.83. The molecule has 0 saturated heterocycles. The summed E-state index contributed by atoms with van der Waals surface area (Å²) < 4.78 is 11.7. The molecule has 0 aliphatic heterocycles. The van der Waals surface area contributed by atoms with E-state index in [0.717, 1.165) is 0 Å². The van der Waals surface area contributed by atoms with E-state index in [2.05, 4.69) is 19.1 Å². The van der Waals surface area contributed by atoms with Crippen LogP contribution in [-0.4, -0.2) is 21.3 Å². The lowest BCUT2D eigenvalue weighted by Crippen LogP contribution is -2.32. The molecule has 0 fully saturated rings. The molecule has 0 spiro atoms. The monoisotopic (exact) mass is 268 g/mol. The lowest BCUT2D eigenvalue weighted by atomic mass is 9.88. The molecular formula is C14H25BO2S. The quantitative estimate of drug-likeness (QED) is 0.476. The van der Waals surface area contributed by atoms with Crippen molar-refractivity contribution >= 4 is 23.2 Å². The molecule has 0 saturated carbocycles. The summed E-state index contributed by atoms with van der Waals surface area (Å²) in [6, 6.07) is 4.33.